The zero-order valence-electron chi connectivity index (χ0n) is 19.5. The fraction of sp³-hybridized carbons (Fsp3) is 0.280. The molecule has 10 nitrogen and oxygen atoms in total. The van der Waals surface area contributed by atoms with E-state index in [4.69, 9.17) is 9.47 Å². The molecule has 0 bridgehead atoms. The Balaban J connectivity index is 1.39. The van der Waals surface area contributed by atoms with Crippen LogP contribution in [0, 0.1) is 5.82 Å². The molecule has 3 N–H and O–H groups in total. The molecular formula is C25H24FN7O3. The number of amides is 1. The number of fused-ring (bicyclic) bond motifs is 2. The summed E-state index contributed by atoms with van der Waals surface area (Å²) in [6, 6.07) is 6.51. The molecule has 184 valence electrons. The van der Waals surface area contributed by atoms with E-state index in [9.17, 15) is 9.18 Å². The number of hydrogen-bond donors (Lipinski definition) is 3. The molecule has 0 saturated heterocycles. The predicted molar refractivity (Wildman–Crippen MR) is 129 cm³/mol. The van der Waals surface area contributed by atoms with Gasteiger partial charge in [0.15, 0.2) is 11.6 Å². The van der Waals surface area contributed by atoms with Crippen LogP contribution in [0.15, 0.2) is 43.0 Å². The second-order valence-electron chi connectivity index (χ2n) is 8.68. The molecule has 0 saturated carbocycles. The summed E-state index contributed by atoms with van der Waals surface area (Å²) in [5.74, 6) is 0.853. The first-order valence-corrected chi connectivity index (χ1v) is 11.7. The summed E-state index contributed by atoms with van der Waals surface area (Å²) >= 11 is 0. The first kappa shape index (κ1) is 22.1. The number of benzene rings is 1. The van der Waals surface area contributed by atoms with E-state index < -0.39 is 5.82 Å². The highest BCUT2D eigenvalue weighted by Gasteiger charge is 2.30. The third kappa shape index (κ3) is 3.72. The largest absolute Gasteiger partial charge is 0.492 e. The maximum atomic E-state index is 14.4. The number of rotatable bonds is 7. The van der Waals surface area contributed by atoms with Crippen molar-refractivity contribution in [3.05, 3.63) is 65.9 Å². The van der Waals surface area contributed by atoms with Crippen molar-refractivity contribution in [2.75, 3.05) is 25.6 Å². The number of aryl methyl sites for hydroxylation is 1. The number of aromatic amines is 1. The number of para-hydroxylation sites is 1. The van der Waals surface area contributed by atoms with Gasteiger partial charge in [0.25, 0.3) is 5.91 Å². The lowest BCUT2D eigenvalue weighted by Crippen LogP contribution is -2.31. The van der Waals surface area contributed by atoms with Crippen molar-refractivity contribution in [2.24, 2.45) is 0 Å². The zero-order valence-corrected chi connectivity index (χ0v) is 19.5. The van der Waals surface area contributed by atoms with Crippen LogP contribution in [0.4, 0.5) is 15.8 Å². The van der Waals surface area contributed by atoms with Crippen molar-refractivity contribution in [1.29, 1.82) is 0 Å². The highest BCUT2D eigenvalue weighted by atomic mass is 19.1. The van der Waals surface area contributed by atoms with Gasteiger partial charge in [-0.3, -0.25) is 9.78 Å². The van der Waals surface area contributed by atoms with Crippen LogP contribution >= 0.6 is 0 Å². The summed E-state index contributed by atoms with van der Waals surface area (Å²) in [6.45, 7) is 0.923. The Bertz CT molecular complexity index is 1450. The van der Waals surface area contributed by atoms with E-state index in [1.165, 1.54) is 13.2 Å². The lowest BCUT2D eigenvalue weighted by Gasteiger charge is -2.18. The first-order valence-electron chi connectivity index (χ1n) is 11.7. The number of ether oxygens (including phenoxy) is 2. The van der Waals surface area contributed by atoms with Gasteiger partial charge >= 0.3 is 0 Å². The maximum Gasteiger partial charge on any atom is 0.255 e. The summed E-state index contributed by atoms with van der Waals surface area (Å²) in [6.07, 6.45) is 7.27. The maximum absolute atomic E-state index is 14.4. The molecule has 0 radical (unpaired) electrons. The first-order chi connectivity index (χ1) is 17.6. The number of nitrogens with zero attached hydrogens (tertiary/aromatic N) is 4. The van der Waals surface area contributed by atoms with Crippen LogP contribution in [0.2, 0.25) is 0 Å². The SMILES string of the molecule is COc1c(F)cccc1Nc1c(-c2ccncc2OCC2CCc3ncnn32)[nH]c2c1C(=O)NCC2. The van der Waals surface area contributed by atoms with Crippen molar-refractivity contribution >= 4 is 17.3 Å². The molecule has 0 fully saturated rings. The molecule has 1 amide bonds. The standard InChI is InChI=1S/C25H24FN7O3/c1-35-24-16(26)3-2-4-18(24)32-23-21-17(8-10-28-25(21)34)31-22(23)15-7-9-27-11-19(15)36-12-14-5-6-20-29-13-30-33(14)20/h2-4,7,9,11,13-14,31-32H,5-6,8,10,12H2,1H3,(H,28,34). The lowest BCUT2D eigenvalue weighted by atomic mass is 10.0. The summed E-state index contributed by atoms with van der Waals surface area (Å²) in [4.78, 5) is 24.8. The highest BCUT2D eigenvalue weighted by Crippen LogP contribution is 2.42. The molecule has 3 aromatic heterocycles. The Hall–Kier alpha value is -4.41. The molecule has 1 unspecified atom stereocenters. The molecule has 2 aliphatic rings. The molecule has 0 aliphatic carbocycles. The molecule has 2 aliphatic heterocycles. The van der Waals surface area contributed by atoms with E-state index in [0.717, 1.165) is 29.9 Å². The zero-order chi connectivity index (χ0) is 24.6. The second kappa shape index (κ2) is 8.99. The quantitative estimate of drug-likeness (QED) is 0.364. The smallest absolute Gasteiger partial charge is 0.255 e. The number of aromatic nitrogens is 5. The highest BCUT2D eigenvalue weighted by molar-refractivity contribution is 6.06. The molecule has 5 heterocycles. The normalized spacial score (nSPS) is 16.3. The Labute approximate surface area is 205 Å². The number of pyridine rings is 1. The number of carbonyl (C=O) groups is 1. The molecule has 0 spiro atoms. The molecule has 1 aromatic carbocycles. The van der Waals surface area contributed by atoms with Crippen LogP contribution in [0.25, 0.3) is 11.3 Å². The van der Waals surface area contributed by atoms with E-state index >= 15 is 0 Å². The Kier molecular flexibility index (Phi) is 5.51. The van der Waals surface area contributed by atoms with E-state index in [0.29, 0.717) is 48.0 Å². The fourth-order valence-corrected chi connectivity index (χ4v) is 4.87. The van der Waals surface area contributed by atoms with E-state index in [1.807, 2.05) is 10.7 Å². The summed E-state index contributed by atoms with van der Waals surface area (Å²) in [5.41, 5.74) is 3.56. The van der Waals surface area contributed by atoms with Gasteiger partial charge in [0.1, 0.15) is 24.5 Å². The topological polar surface area (TPSA) is 119 Å². The average molecular weight is 490 g/mol. The van der Waals surface area contributed by atoms with Gasteiger partial charge in [-0.1, -0.05) is 6.07 Å². The van der Waals surface area contributed by atoms with Gasteiger partial charge in [-0.05, 0) is 24.6 Å². The van der Waals surface area contributed by atoms with Crippen molar-refractivity contribution < 1.29 is 18.7 Å². The molecule has 4 aromatic rings. The van der Waals surface area contributed by atoms with Crippen molar-refractivity contribution in [3.63, 3.8) is 0 Å². The number of methoxy groups -OCH3 is 1. The van der Waals surface area contributed by atoms with Gasteiger partial charge in [0.05, 0.1) is 42.0 Å². The van der Waals surface area contributed by atoms with Crippen LogP contribution in [0.3, 0.4) is 0 Å². The Morgan fingerprint density at radius 3 is 3.08 bits per heavy atom. The van der Waals surface area contributed by atoms with Crippen molar-refractivity contribution in [2.45, 2.75) is 25.3 Å². The van der Waals surface area contributed by atoms with Crippen molar-refractivity contribution in [1.82, 2.24) is 30.0 Å². The Morgan fingerprint density at radius 1 is 1.28 bits per heavy atom. The molecule has 11 heteroatoms. The number of nitrogens with one attached hydrogen (secondary N) is 3. The number of hydrogen-bond acceptors (Lipinski definition) is 7. The van der Waals surface area contributed by atoms with Gasteiger partial charge in [-0.25, -0.2) is 14.1 Å². The fourth-order valence-electron chi connectivity index (χ4n) is 4.87. The third-order valence-electron chi connectivity index (χ3n) is 6.58. The number of anilines is 2. The number of halogens is 1. The number of H-pyrrole nitrogens is 1. The van der Waals surface area contributed by atoms with Gasteiger partial charge < -0.3 is 25.1 Å². The monoisotopic (exact) mass is 489 g/mol. The second-order valence-corrected chi connectivity index (χ2v) is 8.68. The predicted octanol–water partition coefficient (Wildman–Crippen LogP) is 3.41. The van der Waals surface area contributed by atoms with Gasteiger partial charge in [-0.15, -0.1) is 0 Å². The van der Waals surface area contributed by atoms with E-state index in [1.54, 1.807) is 30.9 Å². The molecule has 6 rings (SSSR count). The average Bonchev–Trinajstić information content (AvgIpc) is 3.59. The van der Waals surface area contributed by atoms with E-state index in [-0.39, 0.29) is 17.7 Å². The van der Waals surface area contributed by atoms with Crippen LogP contribution < -0.4 is 20.1 Å². The van der Waals surface area contributed by atoms with E-state index in [2.05, 4.69) is 30.7 Å². The van der Waals surface area contributed by atoms with Crippen LogP contribution in [0.1, 0.15) is 34.3 Å². The Morgan fingerprint density at radius 2 is 2.19 bits per heavy atom. The molecular weight excluding hydrogens is 465 g/mol. The molecule has 36 heavy (non-hydrogen) atoms. The van der Waals surface area contributed by atoms with Gasteiger partial charge in [0, 0.05) is 36.8 Å². The summed E-state index contributed by atoms with van der Waals surface area (Å²) in [5, 5.41) is 10.5. The summed E-state index contributed by atoms with van der Waals surface area (Å²) in [7, 11) is 1.40. The van der Waals surface area contributed by atoms with Crippen molar-refractivity contribution in [3.8, 4) is 22.8 Å². The minimum absolute atomic E-state index is 0.0608. The van der Waals surface area contributed by atoms with Crippen LogP contribution in [-0.2, 0) is 12.8 Å². The van der Waals surface area contributed by atoms with Crippen LogP contribution in [-0.4, -0.2) is 50.9 Å². The third-order valence-corrected chi connectivity index (χ3v) is 6.58. The van der Waals surface area contributed by atoms with Crippen LogP contribution in [0.5, 0.6) is 11.5 Å². The van der Waals surface area contributed by atoms with Gasteiger partial charge in [0.2, 0.25) is 0 Å². The molecule has 1 atom stereocenters. The minimum atomic E-state index is -0.505. The minimum Gasteiger partial charge on any atom is -0.492 e. The number of carbonyl (C=O) groups excluding carboxylic acids is 1. The summed E-state index contributed by atoms with van der Waals surface area (Å²) < 4.78 is 27.9. The lowest BCUT2D eigenvalue weighted by molar-refractivity contribution is 0.0947. The van der Waals surface area contributed by atoms with Gasteiger partial charge in [-0.2, -0.15) is 5.10 Å².